The Morgan fingerprint density at radius 2 is 2.00 bits per heavy atom. The van der Waals surface area contributed by atoms with Crippen molar-refractivity contribution in [3.63, 3.8) is 0 Å². The maximum atomic E-state index is 11.8. The van der Waals surface area contributed by atoms with Crippen molar-refractivity contribution in [3.05, 3.63) is 0 Å². The maximum absolute atomic E-state index is 11.8. The van der Waals surface area contributed by atoms with Gasteiger partial charge in [0.2, 0.25) is 5.91 Å². The zero-order valence-electron chi connectivity index (χ0n) is 10.8. The summed E-state index contributed by atoms with van der Waals surface area (Å²) in [5, 5.41) is 0. The van der Waals surface area contributed by atoms with Crippen molar-refractivity contribution in [2.75, 3.05) is 26.2 Å². The molecule has 2 aliphatic rings. The molecule has 6 heteroatoms. The Balaban J connectivity index is 1.83. The SMILES string of the molecule is CCOC(=O)N1CCC(N2CCC(N)C2=O)CC1. The number of nitrogens with two attached hydrogens (primary N) is 1. The van der Waals surface area contributed by atoms with Gasteiger partial charge in [0.1, 0.15) is 0 Å². The van der Waals surface area contributed by atoms with E-state index in [1.165, 1.54) is 0 Å². The molecule has 2 N–H and O–H groups in total. The summed E-state index contributed by atoms with van der Waals surface area (Å²) in [7, 11) is 0. The summed E-state index contributed by atoms with van der Waals surface area (Å²) in [6, 6.07) is -0.0928. The van der Waals surface area contributed by atoms with Gasteiger partial charge in [0.25, 0.3) is 0 Å². The lowest BCUT2D eigenvalue weighted by Crippen LogP contribution is -2.48. The Hall–Kier alpha value is -1.30. The van der Waals surface area contributed by atoms with E-state index < -0.39 is 0 Å². The number of amides is 2. The molecule has 0 radical (unpaired) electrons. The van der Waals surface area contributed by atoms with E-state index in [4.69, 9.17) is 10.5 Å². The minimum absolute atomic E-state index is 0.0598. The number of piperidine rings is 1. The van der Waals surface area contributed by atoms with Crippen molar-refractivity contribution in [2.24, 2.45) is 5.73 Å². The zero-order chi connectivity index (χ0) is 13.1. The van der Waals surface area contributed by atoms with E-state index in [0.29, 0.717) is 19.7 Å². The van der Waals surface area contributed by atoms with Gasteiger partial charge < -0.3 is 20.3 Å². The minimum atomic E-state index is -0.326. The molecule has 2 fully saturated rings. The third kappa shape index (κ3) is 2.58. The normalized spacial score (nSPS) is 25.7. The van der Waals surface area contributed by atoms with Gasteiger partial charge in [0.05, 0.1) is 12.6 Å². The van der Waals surface area contributed by atoms with Crippen molar-refractivity contribution in [1.82, 2.24) is 9.80 Å². The van der Waals surface area contributed by atoms with Gasteiger partial charge in [0, 0.05) is 25.7 Å². The number of carbonyl (C=O) groups is 2. The molecule has 2 heterocycles. The van der Waals surface area contributed by atoms with Crippen LogP contribution in [0.1, 0.15) is 26.2 Å². The Kier molecular flexibility index (Phi) is 4.06. The van der Waals surface area contributed by atoms with Crippen LogP contribution in [0.3, 0.4) is 0 Å². The fraction of sp³-hybridized carbons (Fsp3) is 0.833. The van der Waals surface area contributed by atoms with E-state index in [1.54, 1.807) is 11.8 Å². The summed E-state index contributed by atoms with van der Waals surface area (Å²) < 4.78 is 4.97. The average Bonchev–Trinajstić information content (AvgIpc) is 2.71. The highest BCUT2D eigenvalue weighted by atomic mass is 16.6. The number of rotatable bonds is 2. The van der Waals surface area contributed by atoms with E-state index in [1.807, 2.05) is 4.90 Å². The highest BCUT2D eigenvalue weighted by Gasteiger charge is 2.35. The molecule has 18 heavy (non-hydrogen) atoms. The first-order valence-electron chi connectivity index (χ1n) is 6.61. The second kappa shape index (κ2) is 5.56. The number of hydrogen-bond acceptors (Lipinski definition) is 4. The van der Waals surface area contributed by atoms with Crippen LogP contribution in [0.4, 0.5) is 4.79 Å². The van der Waals surface area contributed by atoms with Gasteiger partial charge in [-0.05, 0) is 26.2 Å². The van der Waals surface area contributed by atoms with E-state index in [0.717, 1.165) is 25.8 Å². The Bertz CT molecular complexity index is 327. The van der Waals surface area contributed by atoms with Gasteiger partial charge >= 0.3 is 6.09 Å². The Labute approximate surface area is 107 Å². The van der Waals surface area contributed by atoms with Gasteiger partial charge in [0.15, 0.2) is 0 Å². The number of likely N-dealkylation sites (tertiary alicyclic amines) is 2. The third-order valence-electron chi connectivity index (χ3n) is 3.71. The second-order valence-electron chi connectivity index (χ2n) is 4.84. The van der Waals surface area contributed by atoms with E-state index in [-0.39, 0.29) is 24.1 Å². The smallest absolute Gasteiger partial charge is 0.409 e. The molecule has 2 rings (SSSR count). The monoisotopic (exact) mass is 255 g/mol. The molecule has 102 valence electrons. The first-order valence-corrected chi connectivity index (χ1v) is 6.61. The Morgan fingerprint density at radius 3 is 2.50 bits per heavy atom. The van der Waals surface area contributed by atoms with Crippen molar-refractivity contribution in [3.8, 4) is 0 Å². The van der Waals surface area contributed by atoms with Crippen LogP contribution in [0.2, 0.25) is 0 Å². The maximum Gasteiger partial charge on any atom is 0.409 e. The fourth-order valence-electron chi connectivity index (χ4n) is 2.66. The molecule has 0 saturated carbocycles. The van der Waals surface area contributed by atoms with Crippen molar-refractivity contribution >= 4 is 12.0 Å². The highest BCUT2D eigenvalue weighted by molar-refractivity contribution is 5.84. The summed E-state index contributed by atoms with van der Waals surface area (Å²) >= 11 is 0. The molecule has 6 nitrogen and oxygen atoms in total. The number of ether oxygens (including phenoxy) is 1. The van der Waals surface area contributed by atoms with Crippen LogP contribution in [0, 0.1) is 0 Å². The molecule has 2 amide bonds. The second-order valence-corrected chi connectivity index (χ2v) is 4.84. The lowest BCUT2D eigenvalue weighted by molar-refractivity contribution is -0.131. The topological polar surface area (TPSA) is 75.9 Å². The summed E-state index contributed by atoms with van der Waals surface area (Å²) in [4.78, 5) is 27.0. The largest absolute Gasteiger partial charge is 0.450 e. The van der Waals surface area contributed by atoms with Crippen LogP contribution < -0.4 is 5.73 Å². The number of carbonyl (C=O) groups excluding carboxylic acids is 2. The van der Waals surface area contributed by atoms with Crippen LogP contribution in [0.25, 0.3) is 0 Å². The van der Waals surface area contributed by atoms with Gasteiger partial charge in [-0.25, -0.2) is 4.79 Å². The van der Waals surface area contributed by atoms with Crippen molar-refractivity contribution in [2.45, 2.75) is 38.3 Å². The molecule has 0 bridgehead atoms. The first-order chi connectivity index (χ1) is 8.63. The van der Waals surface area contributed by atoms with Gasteiger partial charge in [-0.1, -0.05) is 0 Å². The van der Waals surface area contributed by atoms with E-state index in [2.05, 4.69) is 0 Å². The minimum Gasteiger partial charge on any atom is -0.450 e. The van der Waals surface area contributed by atoms with Crippen LogP contribution >= 0.6 is 0 Å². The lowest BCUT2D eigenvalue weighted by atomic mass is 10.0. The number of nitrogens with zero attached hydrogens (tertiary/aromatic N) is 2. The van der Waals surface area contributed by atoms with Crippen molar-refractivity contribution < 1.29 is 14.3 Å². The molecule has 2 aliphatic heterocycles. The third-order valence-corrected chi connectivity index (χ3v) is 3.71. The molecule has 1 atom stereocenters. The lowest BCUT2D eigenvalue weighted by Gasteiger charge is -2.36. The molecule has 1 unspecified atom stereocenters. The van der Waals surface area contributed by atoms with Gasteiger partial charge in [-0.15, -0.1) is 0 Å². The van der Waals surface area contributed by atoms with Crippen LogP contribution in [-0.4, -0.2) is 60.1 Å². The predicted octanol–water partition coefficient (Wildman–Crippen LogP) is 0.167. The average molecular weight is 255 g/mol. The van der Waals surface area contributed by atoms with Gasteiger partial charge in [-0.3, -0.25) is 4.79 Å². The van der Waals surface area contributed by atoms with Gasteiger partial charge in [-0.2, -0.15) is 0 Å². The molecule has 0 aliphatic carbocycles. The highest BCUT2D eigenvalue weighted by Crippen LogP contribution is 2.22. The quantitative estimate of drug-likeness (QED) is 0.763. The van der Waals surface area contributed by atoms with E-state index in [9.17, 15) is 9.59 Å². The predicted molar refractivity (Wildman–Crippen MR) is 65.9 cm³/mol. The molecule has 0 spiro atoms. The summed E-state index contributed by atoms with van der Waals surface area (Å²) in [6.07, 6.45) is 2.13. The molecule has 0 aromatic heterocycles. The summed E-state index contributed by atoms with van der Waals surface area (Å²) in [6.45, 7) is 4.27. The van der Waals surface area contributed by atoms with E-state index >= 15 is 0 Å². The first kappa shape index (κ1) is 13.1. The molecule has 0 aromatic rings. The van der Waals surface area contributed by atoms with Crippen molar-refractivity contribution in [1.29, 1.82) is 0 Å². The molecular weight excluding hydrogens is 234 g/mol. The zero-order valence-corrected chi connectivity index (χ0v) is 10.8. The fourth-order valence-corrected chi connectivity index (χ4v) is 2.66. The number of hydrogen-bond donors (Lipinski definition) is 1. The summed E-state index contributed by atoms with van der Waals surface area (Å²) in [5.74, 6) is 0.0598. The molecule has 2 saturated heterocycles. The Morgan fingerprint density at radius 1 is 1.33 bits per heavy atom. The van der Waals surface area contributed by atoms with Crippen LogP contribution in [-0.2, 0) is 9.53 Å². The van der Waals surface area contributed by atoms with Crippen LogP contribution in [0.5, 0.6) is 0 Å². The summed E-state index contributed by atoms with van der Waals surface area (Å²) in [5.41, 5.74) is 5.71. The molecular formula is C12H21N3O3. The standard InChI is InChI=1S/C12H21N3O3/c1-2-18-12(17)14-6-3-9(4-7-14)15-8-5-10(13)11(15)16/h9-10H,2-8,13H2,1H3. The molecule has 0 aromatic carbocycles. The van der Waals surface area contributed by atoms with Crippen LogP contribution in [0.15, 0.2) is 0 Å².